The molecule has 0 aliphatic carbocycles. The van der Waals surface area contributed by atoms with Crippen LogP contribution in [0.3, 0.4) is 0 Å². The molecular weight excluding hydrogens is 524 g/mol. The van der Waals surface area contributed by atoms with Crippen molar-refractivity contribution in [3.8, 4) is 0 Å². The summed E-state index contributed by atoms with van der Waals surface area (Å²) >= 11 is 0. The maximum atomic E-state index is 12.3. The SMILES string of the molecule is COC(=O)c1ccc2c(Cn3ccnc3)cn(CCCN3CCC(C(O)(c4ccccc4)c4ccccc4)CC3)c2c1. The van der Waals surface area contributed by atoms with Crippen LogP contribution >= 0.6 is 0 Å². The second kappa shape index (κ2) is 12.3. The van der Waals surface area contributed by atoms with E-state index in [1.807, 2.05) is 91.4 Å². The number of imidazole rings is 1. The Kier molecular flexibility index (Phi) is 8.22. The lowest BCUT2D eigenvalue weighted by Crippen LogP contribution is -2.44. The number of hydrogen-bond acceptors (Lipinski definition) is 5. The number of carbonyl (C=O) groups excluding carboxylic acids is 1. The molecule has 0 bridgehead atoms. The van der Waals surface area contributed by atoms with Gasteiger partial charge in [0.15, 0.2) is 0 Å². The molecule has 1 aliphatic rings. The van der Waals surface area contributed by atoms with E-state index in [0.29, 0.717) is 5.56 Å². The van der Waals surface area contributed by atoms with Gasteiger partial charge in [0, 0.05) is 36.0 Å². The minimum atomic E-state index is -0.998. The van der Waals surface area contributed by atoms with Gasteiger partial charge in [0.1, 0.15) is 5.60 Å². The zero-order valence-electron chi connectivity index (χ0n) is 24.1. The van der Waals surface area contributed by atoms with Crippen molar-refractivity contribution in [1.82, 2.24) is 19.0 Å². The minimum Gasteiger partial charge on any atom is -0.465 e. The van der Waals surface area contributed by atoms with Crippen molar-refractivity contribution in [3.63, 3.8) is 0 Å². The lowest BCUT2D eigenvalue weighted by molar-refractivity contribution is -0.0143. The van der Waals surface area contributed by atoms with Gasteiger partial charge in [0.25, 0.3) is 0 Å². The molecule has 0 radical (unpaired) electrons. The van der Waals surface area contributed by atoms with Crippen LogP contribution in [-0.2, 0) is 23.4 Å². The van der Waals surface area contributed by atoms with Crippen LogP contribution < -0.4 is 0 Å². The van der Waals surface area contributed by atoms with E-state index in [1.165, 1.54) is 12.7 Å². The maximum Gasteiger partial charge on any atom is 0.337 e. The number of nitrogens with zero attached hydrogens (tertiary/aromatic N) is 4. The summed E-state index contributed by atoms with van der Waals surface area (Å²) in [5.41, 5.74) is 3.73. The highest BCUT2D eigenvalue weighted by Gasteiger charge is 2.41. The predicted octanol–water partition coefficient (Wildman–Crippen LogP) is 5.71. The van der Waals surface area contributed by atoms with Crippen molar-refractivity contribution in [1.29, 1.82) is 0 Å². The first-order chi connectivity index (χ1) is 20.6. The number of aryl methyl sites for hydroxylation is 1. The summed E-state index contributed by atoms with van der Waals surface area (Å²) in [6.07, 6.45) is 10.6. The molecule has 6 rings (SSSR count). The van der Waals surface area contributed by atoms with Crippen molar-refractivity contribution >= 4 is 16.9 Å². The van der Waals surface area contributed by atoms with Gasteiger partial charge in [0.05, 0.1) is 25.5 Å². The van der Waals surface area contributed by atoms with Crippen LogP contribution in [0.4, 0.5) is 0 Å². The number of ether oxygens (including phenoxy) is 1. The van der Waals surface area contributed by atoms with Crippen LogP contribution in [-0.4, -0.2) is 56.8 Å². The molecule has 0 atom stereocenters. The highest BCUT2D eigenvalue weighted by molar-refractivity contribution is 5.95. The Hall–Kier alpha value is -4.20. The smallest absolute Gasteiger partial charge is 0.337 e. The fourth-order valence-electron chi connectivity index (χ4n) is 6.56. The molecule has 1 N–H and O–H groups in total. The van der Waals surface area contributed by atoms with E-state index >= 15 is 0 Å². The molecule has 42 heavy (non-hydrogen) atoms. The Balaban J connectivity index is 1.13. The molecule has 0 saturated carbocycles. The number of esters is 1. The fraction of sp³-hybridized carbons (Fsp3) is 0.314. The number of methoxy groups -OCH3 is 1. The number of benzene rings is 3. The van der Waals surface area contributed by atoms with Crippen molar-refractivity contribution in [2.75, 3.05) is 26.7 Å². The number of carbonyl (C=O) groups is 1. The molecule has 3 aromatic carbocycles. The third-order valence-corrected chi connectivity index (χ3v) is 8.78. The standard InChI is InChI=1S/C35H38N4O3/c1-42-34(40)27-13-14-32-28(24-38-22-17-36-26-38)25-39(33(32)23-27)19-8-18-37-20-15-31(16-21-37)35(41,29-9-4-2-5-10-29)30-11-6-3-7-12-30/h2-7,9-14,17,22-23,25-26,31,41H,8,15-16,18-21,24H2,1H3. The summed E-state index contributed by atoms with van der Waals surface area (Å²) in [7, 11) is 1.42. The van der Waals surface area contributed by atoms with Crippen LogP contribution in [0, 0.1) is 5.92 Å². The lowest BCUT2D eigenvalue weighted by atomic mass is 9.72. The number of piperidine rings is 1. The molecule has 216 valence electrons. The molecule has 2 aromatic heterocycles. The highest BCUT2D eigenvalue weighted by Crippen LogP contribution is 2.42. The number of rotatable bonds is 10. The fourth-order valence-corrected chi connectivity index (χ4v) is 6.56. The first kappa shape index (κ1) is 27.9. The number of likely N-dealkylation sites (tertiary alicyclic amines) is 1. The van der Waals surface area contributed by atoms with E-state index < -0.39 is 5.60 Å². The normalized spacial score (nSPS) is 14.8. The van der Waals surface area contributed by atoms with Gasteiger partial charge >= 0.3 is 5.97 Å². The molecule has 1 saturated heterocycles. The van der Waals surface area contributed by atoms with Gasteiger partial charge in [-0.15, -0.1) is 0 Å². The zero-order valence-corrected chi connectivity index (χ0v) is 24.1. The quantitative estimate of drug-likeness (QED) is 0.221. The van der Waals surface area contributed by atoms with Crippen molar-refractivity contribution in [2.24, 2.45) is 5.92 Å². The minimum absolute atomic E-state index is 0.148. The van der Waals surface area contributed by atoms with Crippen molar-refractivity contribution < 1.29 is 14.6 Å². The first-order valence-electron chi connectivity index (χ1n) is 14.8. The predicted molar refractivity (Wildman–Crippen MR) is 164 cm³/mol. The van der Waals surface area contributed by atoms with E-state index in [2.05, 4.69) is 25.2 Å². The average Bonchev–Trinajstić information content (AvgIpc) is 3.69. The van der Waals surface area contributed by atoms with Crippen LogP contribution in [0.5, 0.6) is 0 Å². The monoisotopic (exact) mass is 562 g/mol. The van der Waals surface area contributed by atoms with Gasteiger partial charge < -0.3 is 23.9 Å². The van der Waals surface area contributed by atoms with E-state index in [1.54, 1.807) is 6.20 Å². The van der Waals surface area contributed by atoms with E-state index in [4.69, 9.17) is 4.74 Å². The summed E-state index contributed by atoms with van der Waals surface area (Å²) in [5.74, 6) is -0.177. The third-order valence-electron chi connectivity index (χ3n) is 8.78. The van der Waals surface area contributed by atoms with E-state index in [-0.39, 0.29) is 11.9 Å². The van der Waals surface area contributed by atoms with Gasteiger partial charge in [-0.25, -0.2) is 9.78 Å². The number of hydrogen-bond donors (Lipinski definition) is 1. The zero-order chi connectivity index (χ0) is 28.9. The summed E-state index contributed by atoms with van der Waals surface area (Å²) < 4.78 is 9.31. The third kappa shape index (κ3) is 5.62. The average molecular weight is 563 g/mol. The van der Waals surface area contributed by atoms with Crippen LogP contribution in [0.1, 0.15) is 46.3 Å². The molecule has 1 aliphatic heterocycles. The first-order valence-corrected chi connectivity index (χ1v) is 14.8. The number of aliphatic hydroxyl groups is 1. The second-order valence-electron chi connectivity index (χ2n) is 11.3. The Morgan fingerprint density at radius 3 is 2.29 bits per heavy atom. The van der Waals surface area contributed by atoms with Gasteiger partial charge in [0.2, 0.25) is 0 Å². The molecular formula is C35H38N4O3. The molecule has 0 unspecified atom stereocenters. The summed E-state index contributed by atoms with van der Waals surface area (Å²) in [5, 5.41) is 13.3. The highest BCUT2D eigenvalue weighted by atomic mass is 16.5. The summed E-state index contributed by atoms with van der Waals surface area (Å²) in [4.78, 5) is 19.0. The largest absolute Gasteiger partial charge is 0.465 e. The van der Waals surface area contributed by atoms with Gasteiger partial charge in [-0.3, -0.25) is 0 Å². The molecule has 5 aromatic rings. The topological polar surface area (TPSA) is 72.5 Å². The van der Waals surface area contributed by atoms with Crippen molar-refractivity contribution in [3.05, 3.63) is 126 Å². The Morgan fingerprint density at radius 2 is 1.67 bits per heavy atom. The Bertz CT molecular complexity index is 1570. The van der Waals surface area contributed by atoms with Crippen LogP contribution in [0.15, 0.2) is 104 Å². The molecule has 1 fully saturated rings. The molecule has 7 nitrogen and oxygen atoms in total. The number of fused-ring (bicyclic) bond motifs is 1. The van der Waals surface area contributed by atoms with Gasteiger partial charge in [-0.1, -0.05) is 66.7 Å². The summed E-state index contributed by atoms with van der Waals surface area (Å²) in [6, 6.07) is 26.1. The lowest BCUT2D eigenvalue weighted by Gasteiger charge is -2.42. The molecule has 3 heterocycles. The van der Waals surface area contributed by atoms with Gasteiger partial charge in [-0.2, -0.15) is 0 Å². The molecule has 0 amide bonds. The summed E-state index contributed by atoms with van der Waals surface area (Å²) in [6.45, 7) is 4.47. The number of aromatic nitrogens is 3. The van der Waals surface area contributed by atoms with Gasteiger partial charge in [-0.05, 0) is 73.6 Å². The Morgan fingerprint density at radius 1 is 0.976 bits per heavy atom. The van der Waals surface area contributed by atoms with Crippen molar-refractivity contribution in [2.45, 2.75) is 38.0 Å². The molecule has 7 heteroatoms. The molecule has 0 spiro atoms. The second-order valence-corrected chi connectivity index (χ2v) is 11.3. The maximum absolute atomic E-state index is 12.3. The van der Waals surface area contributed by atoms with E-state index in [0.717, 1.165) is 74.0 Å². The Labute approximate surface area is 247 Å². The van der Waals surface area contributed by atoms with Crippen LogP contribution in [0.2, 0.25) is 0 Å². The van der Waals surface area contributed by atoms with Crippen LogP contribution in [0.25, 0.3) is 10.9 Å². The van der Waals surface area contributed by atoms with E-state index in [9.17, 15) is 9.90 Å².